The standard InChI is InChI=1S/C13H8F4/c1-7-2-3-10(15)9(4-7)13-11(16)5-8(14)6-12(13)17/h2-6H,1H3. The van der Waals surface area contributed by atoms with Crippen LogP contribution in [-0.2, 0) is 0 Å². The van der Waals surface area contributed by atoms with Gasteiger partial charge in [0, 0.05) is 17.7 Å². The molecule has 2 aromatic carbocycles. The Morgan fingerprint density at radius 2 is 1.35 bits per heavy atom. The summed E-state index contributed by atoms with van der Waals surface area (Å²) in [5.74, 6) is -4.02. The minimum Gasteiger partial charge on any atom is -0.207 e. The van der Waals surface area contributed by atoms with Gasteiger partial charge in [0.05, 0.1) is 5.56 Å². The van der Waals surface area contributed by atoms with Crippen LogP contribution in [0.25, 0.3) is 11.1 Å². The van der Waals surface area contributed by atoms with Crippen molar-refractivity contribution in [2.75, 3.05) is 0 Å². The molecule has 0 nitrogen and oxygen atoms in total. The number of hydrogen-bond acceptors (Lipinski definition) is 0. The third kappa shape index (κ3) is 2.16. The first-order valence-electron chi connectivity index (χ1n) is 4.90. The fourth-order valence-electron chi connectivity index (χ4n) is 1.63. The highest BCUT2D eigenvalue weighted by Crippen LogP contribution is 2.29. The van der Waals surface area contributed by atoms with Crippen molar-refractivity contribution in [3.63, 3.8) is 0 Å². The predicted molar refractivity (Wildman–Crippen MR) is 56.4 cm³/mol. The zero-order valence-corrected chi connectivity index (χ0v) is 8.90. The van der Waals surface area contributed by atoms with Gasteiger partial charge in [0.1, 0.15) is 23.3 Å². The minimum absolute atomic E-state index is 0.208. The van der Waals surface area contributed by atoms with Crippen LogP contribution >= 0.6 is 0 Å². The molecule has 4 heteroatoms. The Kier molecular flexibility index (Phi) is 2.88. The molecule has 0 heterocycles. The molecule has 2 rings (SSSR count). The number of aryl methyl sites for hydroxylation is 1. The highest BCUT2D eigenvalue weighted by atomic mass is 19.1. The van der Waals surface area contributed by atoms with Gasteiger partial charge >= 0.3 is 0 Å². The molecule has 0 saturated carbocycles. The summed E-state index contributed by atoms with van der Waals surface area (Å²) >= 11 is 0. The maximum absolute atomic E-state index is 13.5. The van der Waals surface area contributed by atoms with Gasteiger partial charge in [-0.3, -0.25) is 0 Å². The maximum atomic E-state index is 13.5. The van der Waals surface area contributed by atoms with Crippen LogP contribution in [0.4, 0.5) is 17.6 Å². The largest absolute Gasteiger partial charge is 0.207 e. The first kappa shape index (κ1) is 11.6. The molecule has 0 N–H and O–H groups in total. The Labute approximate surface area is 95.5 Å². The lowest BCUT2D eigenvalue weighted by molar-refractivity contribution is 0.545. The second kappa shape index (κ2) is 4.20. The van der Waals surface area contributed by atoms with E-state index in [4.69, 9.17) is 0 Å². The van der Waals surface area contributed by atoms with Crippen LogP contribution in [0.3, 0.4) is 0 Å². The molecule has 0 unspecified atom stereocenters. The zero-order chi connectivity index (χ0) is 12.6. The van der Waals surface area contributed by atoms with E-state index in [0.29, 0.717) is 17.7 Å². The molecule has 0 radical (unpaired) electrons. The fraction of sp³-hybridized carbons (Fsp3) is 0.0769. The summed E-state index contributed by atoms with van der Waals surface area (Å²) in [5.41, 5.74) is -0.0999. The highest BCUT2D eigenvalue weighted by Gasteiger charge is 2.16. The molecule has 0 aliphatic rings. The van der Waals surface area contributed by atoms with Gasteiger partial charge in [0.2, 0.25) is 0 Å². The van der Waals surface area contributed by atoms with E-state index in [1.165, 1.54) is 12.1 Å². The van der Waals surface area contributed by atoms with Crippen LogP contribution < -0.4 is 0 Å². The SMILES string of the molecule is Cc1ccc(F)c(-c2c(F)cc(F)cc2F)c1. The Hall–Kier alpha value is -1.84. The maximum Gasteiger partial charge on any atom is 0.136 e. The zero-order valence-electron chi connectivity index (χ0n) is 8.90. The lowest BCUT2D eigenvalue weighted by Crippen LogP contribution is -1.95. The van der Waals surface area contributed by atoms with Crippen LogP contribution in [-0.4, -0.2) is 0 Å². The van der Waals surface area contributed by atoms with Crippen LogP contribution in [0.2, 0.25) is 0 Å². The number of benzene rings is 2. The summed E-state index contributed by atoms with van der Waals surface area (Å²) in [6.07, 6.45) is 0. The number of hydrogen-bond donors (Lipinski definition) is 0. The van der Waals surface area contributed by atoms with Gasteiger partial charge in [-0.15, -0.1) is 0 Å². The third-order valence-electron chi connectivity index (χ3n) is 2.40. The van der Waals surface area contributed by atoms with E-state index in [2.05, 4.69) is 0 Å². The van der Waals surface area contributed by atoms with Gasteiger partial charge in [-0.05, 0) is 19.1 Å². The summed E-state index contributed by atoms with van der Waals surface area (Å²) in [6, 6.07) is 4.97. The second-order valence-corrected chi connectivity index (χ2v) is 3.73. The van der Waals surface area contributed by atoms with E-state index >= 15 is 0 Å². The van der Waals surface area contributed by atoms with Crippen LogP contribution in [0.1, 0.15) is 5.56 Å². The normalized spacial score (nSPS) is 10.6. The topological polar surface area (TPSA) is 0 Å². The van der Waals surface area contributed by atoms with E-state index in [9.17, 15) is 17.6 Å². The molecule has 0 aliphatic heterocycles. The van der Waals surface area contributed by atoms with Gasteiger partial charge in [-0.25, -0.2) is 17.6 Å². The summed E-state index contributed by atoms with van der Waals surface area (Å²) in [6.45, 7) is 1.67. The van der Waals surface area contributed by atoms with Crippen molar-refractivity contribution in [3.8, 4) is 11.1 Å². The molecule has 0 bridgehead atoms. The van der Waals surface area contributed by atoms with Crippen molar-refractivity contribution in [1.82, 2.24) is 0 Å². The predicted octanol–water partition coefficient (Wildman–Crippen LogP) is 4.22. The summed E-state index contributed by atoms with van der Waals surface area (Å²) in [4.78, 5) is 0. The van der Waals surface area contributed by atoms with Gasteiger partial charge < -0.3 is 0 Å². The molecule has 0 saturated heterocycles. The molecule has 0 spiro atoms. The average Bonchev–Trinajstić information content (AvgIpc) is 2.21. The minimum atomic E-state index is -1.12. The van der Waals surface area contributed by atoms with Crippen molar-refractivity contribution >= 4 is 0 Å². The van der Waals surface area contributed by atoms with E-state index in [1.807, 2.05) is 0 Å². The van der Waals surface area contributed by atoms with E-state index < -0.39 is 28.8 Å². The number of halogens is 4. The summed E-state index contributed by atoms with van der Waals surface area (Å²) < 4.78 is 53.1. The molecule has 0 fully saturated rings. The Morgan fingerprint density at radius 3 is 1.94 bits per heavy atom. The van der Waals surface area contributed by atoms with Crippen LogP contribution in [0.15, 0.2) is 30.3 Å². The number of rotatable bonds is 1. The monoisotopic (exact) mass is 240 g/mol. The summed E-state index contributed by atoms with van der Waals surface area (Å²) in [7, 11) is 0. The van der Waals surface area contributed by atoms with Crippen molar-refractivity contribution in [1.29, 1.82) is 0 Å². The first-order valence-corrected chi connectivity index (χ1v) is 4.90. The van der Waals surface area contributed by atoms with Crippen molar-refractivity contribution in [2.45, 2.75) is 6.92 Å². The lowest BCUT2D eigenvalue weighted by atomic mass is 10.0. The second-order valence-electron chi connectivity index (χ2n) is 3.73. The van der Waals surface area contributed by atoms with Crippen molar-refractivity contribution in [3.05, 3.63) is 59.2 Å². The van der Waals surface area contributed by atoms with Gasteiger partial charge in [-0.1, -0.05) is 11.6 Å². The molecule has 0 aromatic heterocycles. The smallest absolute Gasteiger partial charge is 0.136 e. The molecule has 0 amide bonds. The summed E-state index contributed by atoms with van der Waals surface area (Å²) in [5, 5.41) is 0. The van der Waals surface area contributed by atoms with Crippen LogP contribution in [0.5, 0.6) is 0 Å². The molecular formula is C13H8F4. The van der Waals surface area contributed by atoms with Gasteiger partial charge in [0.25, 0.3) is 0 Å². The van der Waals surface area contributed by atoms with Gasteiger partial charge in [-0.2, -0.15) is 0 Å². The Bertz CT molecular complexity index is 553. The molecule has 2 aromatic rings. The molecule has 0 atom stereocenters. The van der Waals surface area contributed by atoms with E-state index in [0.717, 1.165) is 6.07 Å². The van der Waals surface area contributed by atoms with Crippen molar-refractivity contribution in [2.24, 2.45) is 0 Å². The molecule has 0 aliphatic carbocycles. The molecular weight excluding hydrogens is 232 g/mol. The van der Waals surface area contributed by atoms with E-state index in [-0.39, 0.29) is 5.56 Å². The third-order valence-corrected chi connectivity index (χ3v) is 2.40. The lowest BCUT2D eigenvalue weighted by Gasteiger charge is -2.07. The molecule has 17 heavy (non-hydrogen) atoms. The highest BCUT2D eigenvalue weighted by molar-refractivity contribution is 5.66. The Morgan fingerprint density at radius 1 is 0.765 bits per heavy atom. The van der Waals surface area contributed by atoms with E-state index in [1.54, 1.807) is 6.92 Å². The Balaban J connectivity index is 2.72. The first-order chi connectivity index (χ1) is 7.99. The van der Waals surface area contributed by atoms with Crippen molar-refractivity contribution < 1.29 is 17.6 Å². The molecule has 88 valence electrons. The van der Waals surface area contributed by atoms with Gasteiger partial charge in [0.15, 0.2) is 0 Å². The fourth-order valence-corrected chi connectivity index (χ4v) is 1.63. The van der Waals surface area contributed by atoms with Crippen LogP contribution in [0, 0.1) is 30.2 Å². The quantitative estimate of drug-likeness (QED) is 0.655. The average molecular weight is 240 g/mol.